The highest BCUT2D eigenvalue weighted by Gasteiger charge is 2.07. The van der Waals surface area contributed by atoms with E-state index in [1.165, 1.54) is 5.56 Å². The predicted molar refractivity (Wildman–Crippen MR) is 78.5 cm³/mol. The molecule has 0 aromatic heterocycles. The molecule has 4 heteroatoms. The molecular formula is C17H16O4. The zero-order valence-corrected chi connectivity index (χ0v) is 11.5. The molecule has 0 aliphatic heterocycles. The van der Waals surface area contributed by atoms with Crippen molar-refractivity contribution < 1.29 is 19.4 Å². The fourth-order valence-electron chi connectivity index (χ4n) is 1.95. The Labute approximate surface area is 123 Å². The van der Waals surface area contributed by atoms with Crippen molar-refractivity contribution >= 4 is 11.8 Å². The molecule has 0 radical (unpaired) electrons. The van der Waals surface area contributed by atoms with Crippen molar-refractivity contribution in [1.29, 1.82) is 0 Å². The lowest BCUT2D eigenvalue weighted by Gasteiger charge is -2.04. The van der Waals surface area contributed by atoms with Gasteiger partial charge in [-0.15, -0.1) is 0 Å². The Hall–Kier alpha value is -2.46. The molecule has 21 heavy (non-hydrogen) atoms. The molecule has 2 rings (SSSR count). The number of benzene rings is 2. The minimum Gasteiger partial charge on any atom is -0.480 e. The fraction of sp³-hybridized carbons (Fsp3) is 0.176. The minimum absolute atomic E-state index is 0.218. The highest BCUT2D eigenvalue weighted by Crippen LogP contribution is 2.11. The number of ether oxygens (including phenoxy) is 1. The second kappa shape index (κ2) is 7.36. The van der Waals surface area contributed by atoms with Crippen molar-refractivity contribution in [3.05, 3.63) is 71.3 Å². The number of hydrogen-bond donors (Lipinski definition) is 1. The molecule has 0 heterocycles. The first kappa shape index (κ1) is 14.9. The molecule has 0 saturated carbocycles. The number of Topliss-reactive ketones (excluding diaryl/α,β-unsaturated/α-hetero) is 1. The molecule has 0 unspecified atom stereocenters. The van der Waals surface area contributed by atoms with E-state index in [1.54, 1.807) is 12.1 Å². The molecule has 0 atom stereocenters. The van der Waals surface area contributed by atoms with Crippen molar-refractivity contribution in [2.75, 3.05) is 13.2 Å². The summed E-state index contributed by atoms with van der Waals surface area (Å²) in [7, 11) is 0. The van der Waals surface area contributed by atoms with E-state index in [0.717, 1.165) is 12.0 Å². The van der Waals surface area contributed by atoms with E-state index in [0.29, 0.717) is 5.56 Å². The van der Waals surface area contributed by atoms with Crippen molar-refractivity contribution in [1.82, 2.24) is 0 Å². The van der Waals surface area contributed by atoms with Crippen LogP contribution in [0.2, 0.25) is 0 Å². The normalized spacial score (nSPS) is 10.3. The molecule has 4 nitrogen and oxygen atoms in total. The minimum atomic E-state index is -1.08. The molecule has 0 fully saturated rings. The lowest BCUT2D eigenvalue weighted by atomic mass is 10.0. The lowest BCUT2D eigenvalue weighted by Crippen LogP contribution is -2.14. The first-order valence-corrected chi connectivity index (χ1v) is 6.61. The molecule has 0 aliphatic rings. The SMILES string of the molecule is O=C(O)COCC(=O)c1ccc(Cc2ccccc2)cc1. The van der Waals surface area contributed by atoms with Crippen molar-refractivity contribution in [3.63, 3.8) is 0 Å². The van der Waals surface area contributed by atoms with Gasteiger partial charge < -0.3 is 9.84 Å². The monoisotopic (exact) mass is 284 g/mol. The molecule has 2 aromatic rings. The van der Waals surface area contributed by atoms with Gasteiger partial charge in [-0.2, -0.15) is 0 Å². The summed E-state index contributed by atoms with van der Waals surface area (Å²) in [5.41, 5.74) is 2.85. The topological polar surface area (TPSA) is 63.6 Å². The van der Waals surface area contributed by atoms with Crippen molar-refractivity contribution in [3.8, 4) is 0 Å². The van der Waals surface area contributed by atoms with Gasteiger partial charge in [0, 0.05) is 5.56 Å². The van der Waals surface area contributed by atoms with E-state index in [-0.39, 0.29) is 12.4 Å². The Morgan fingerprint density at radius 2 is 1.48 bits per heavy atom. The van der Waals surface area contributed by atoms with Gasteiger partial charge in [-0.25, -0.2) is 4.79 Å². The Bertz CT molecular complexity index is 602. The van der Waals surface area contributed by atoms with Gasteiger partial charge >= 0.3 is 5.97 Å². The molecule has 0 amide bonds. The first-order valence-electron chi connectivity index (χ1n) is 6.61. The van der Waals surface area contributed by atoms with E-state index >= 15 is 0 Å². The van der Waals surface area contributed by atoms with Crippen LogP contribution >= 0.6 is 0 Å². The molecule has 0 bridgehead atoms. The Balaban J connectivity index is 1.92. The quantitative estimate of drug-likeness (QED) is 0.794. The summed E-state index contributed by atoms with van der Waals surface area (Å²) in [4.78, 5) is 22.1. The van der Waals surface area contributed by atoms with E-state index in [9.17, 15) is 9.59 Å². The van der Waals surface area contributed by atoms with Gasteiger partial charge in [-0.05, 0) is 17.5 Å². The van der Waals surface area contributed by atoms with Crippen LogP contribution < -0.4 is 0 Å². The summed E-state index contributed by atoms with van der Waals surface area (Å²) in [5, 5.41) is 8.44. The molecule has 2 aromatic carbocycles. The van der Waals surface area contributed by atoms with Crippen molar-refractivity contribution in [2.24, 2.45) is 0 Å². The third-order valence-electron chi connectivity index (χ3n) is 2.99. The van der Waals surface area contributed by atoms with Gasteiger partial charge in [-0.1, -0.05) is 54.6 Å². The van der Waals surface area contributed by atoms with E-state index < -0.39 is 12.6 Å². The molecule has 1 N–H and O–H groups in total. The smallest absolute Gasteiger partial charge is 0.329 e. The zero-order valence-electron chi connectivity index (χ0n) is 11.5. The third-order valence-corrected chi connectivity index (χ3v) is 2.99. The number of carboxylic acids is 1. The van der Waals surface area contributed by atoms with E-state index in [2.05, 4.69) is 12.1 Å². The van der Waals surface area contributed by atoms with Crippen LogP contribution in [0.15, 0.2) is 54.6 Å². The summed E-state index contributed by atoms with van der Waals surface area (Å²) < 4.78 is 4.79. The van der Waals surface area contributed by atoms with Crippen LogP contribution in [0.3, 0.4) is 0 Å². The lowest BCUT2D eigenvalue weighted by molar-refractivity contribution is -0.141. The summed E-state index contributed by atoms with van der Waals surface area (Å²) in [6.45, 7) is -0.678. The van der Waals surface area contributed by atoms with E-state index in [1.807, 2.05) is 30.3 Å². The van der Waals surface area contributed by atoms with Crippen LogP contribution in [0, 0.1) is 0 Å². The maximum Gasteiger partial charge on any atom is 0.329 e. The van der Waals surface area contributed by atoms with Crippen LogP contribution in [0.25, 0.3) is 0 Å². The largest absolute Gasteiger partial charge is 0.480 e. The summed E-state index contributed by atoms with van der Waals surface area (Å²) in [6.07, 6.45) is 0.810. The van der Waals surface area contributed by atoms with Gasteiger partial charge in [0.15, 0.2) is 5.78 Å². The van der Waals surface area contributed by atoms with E-state index in [4.69, 9.17) is 9.84 Å². The van der Waals surface area contributed by atoms with Gasteiger partial charge in [0.05, 0.1) is 0 Å². The number of aliphatic carboxylic acids is 1. The summed E-state index contributed by atoms with van der Waals surface area (Å²) >= 11 is 0. The van der Waals surface area contributed by atoms with Crippen LogP contribution in [-0.4, -0.2) is 30.1 Å². The standard InChI is InChI=1S/C17H16O4/c18-16(11-21-12-17(19)20)15-8-6-14(7-9-15)10-13-4-2-1-3-5-13/h1-9H,10-12H2,(H,19,20). The van der Waals surface area contributed by atoms with Crippen LogP contribution in [0.1, 0.15) is 21.5 Å². The molecule has 0 spiro atoms. The van der Waals surface area contributed by atoms with Gasteiger partial charge in [0.25, 0.3) is 0 Å². The second-order valence-corrected chi connectivity index (χ2v) is 4.67. The van der Waals surface area contributed by atoms with Gasteiger partial charge in [0.1, 0.15) is 13.2 Å². The van der Waals surface area contributed by atoms with Crippen LogP contribution in [0.5, 0.6) is 0 Å². The number of carbonyl (C=O) groups is 2. The number of carboxylic acid groups (broad SMARTS) is 1. The van der Waals surface area contributed by atoms with Crippen molar-refractivity contribution in [2.45, 2.75) is 6.42 Å². The number of hydrogen-bond acceptors (Lipinski definition) is 3. The maximum atomic E-state index is 11.8. The average Bonchev–Trinajstić information content (AvgIpc) is 2.48. The van der Waals surface area contributed by atoms with Crippen LogP contribution in [-0.2, 0) is 16.0 Å². The number of rotatable bonds is 7. The van der Waals surface area contributed by atoms with Crippen LogP contribution in [0.4, 0.5) is 0 Å². The summed E-state index contributed by atoms with van der Waals surface area (Å²) in [5.74, 6) is -1.30. The highest BCUT2D eigenvalue weighted by atomic mass is 16.5. The van der Waals surface area contributed by atoms with Gasteiger partial charge in [-0.3, -0.25) is 4.79 Å². The molecular weight excluding hydrogens is 268 g/mol. The third kappa shape index (κ3) is 4.85. The first-order chi connectivity index (χ1) is 10.1. The molecule has 0 aliphatic carbocycles. The predicted octanol–water partition coefficient (Wildman–Crippen LogP) is 2.56. The number of ketones is 1. The zero-order chi connectivity index (χ0) is 15.1. The Kier molecular flexibility index (Phi) is 5.23. The fourth-order valence-corrected chi connectivity index (χ4v) is 1.95. The second-order valence-electron chi connectivity index (χ2n) is 4.67. The number of carbonyl (C=O) groups excluding carboxylic acids is 1. The highest BCUT2D eigenvalue weighted by molar-refractivity contribution is 5.97. The summed E-state index contributed by atoms with van der Waals surface area (Å²) in [6, 6.07) is 17.4. The average molecular weight is 284 g/mol. The molecule has 0 saturated heterocycles. The van der Waals surface area contributed by atoms with Gasteiger partial charge in [0.2, 0.25) is 0 Å². The Morgan fingerprint density at radius 3 is 2.10 bits per heavy atom. The maximum absolute atomic E-state index is 11.8. The Morgan fingerprint density at radius 1 is 0.857 bits per heavy atom. The molecule has 108 valence electrons.